The molecule has 0 bridgehead atoms. The van der Waals surface area contributed by atoms with Crippen molar-refractivity contribution in [2.24, 2.45) is 0 Å². The van der Waals surface area contributed by atoms with E-state index in [0.717, 1.165) is 23.4 Å². The van der Waals surface area contributed by atoms with E-state index >= 15 is 0 Å². The predicted molar refractivity (Wildman–Crippen MR) is 61.5 cm³/mol. The topological polar surface area (TPSA) is 40.7 Å². The molecule has 2 aromatic rings. The molecule has 1 aromatic carbocycles. The van der Waals surface area contributed by atoms with Crippen molar-refractivity contribution in [3.05, 3.63) is 41.3 Å². The average molecular weight is 219 g/mol. The van der Waals surface area contributed by atoms with Crippen molar-refractivity contribution in [2.45, 2.75) is 13.5 Å². The lowest BCUT2D eigenvalue weighted by atomic mass is 10.1. The Hall–Kier alpha value is -1.68. The molecule has 0 saturated heterocycles. The van der Waals surface area contributed by atoms with Crippen molar-refractivity contribution in [1.82, 2.24) is 15.5 Å². The van der Waals surface area contributed by atoms with E-state index in [0.29, 0.717) is 5.56 Å². The summed E-state index contributed by atoms with van der Waals surface area (Å²) >= 11 is 0. The Morgan fingerprint density at radius 3 is 2.94 bits per heavy atom. The van der Waals surface area contributed by atoms with Gasteiger partial charge >= 0.3 is 0 Å². The van der Waals surface area contributed by atoms with Gasteiger partial charge in [-0.15, -0.1) is 0 Å². The molecule has 2 rings (SSSR count). The number of nitrogens with zero attached hydrogens (tertiary/aromatic N) is 1. The second-order valence-corrected chi connectivity index (χ2v) is 3.76. The summed E-state index contributed by atoms with van der Waals surface area (Å²) in [5, 5.41) is 10.0. The van der Waals surface area contributed by atoms with Gasteiger partial charge in [-0.2, -0.15) is 5.10 Å². The maximum Gasteiger partial charge on any atom is 0.126 e. The van der Waals surface area contributed by atoms with E-state index in [4.69, 9.17) is 0 Å². The fourth-order valence-electron chi connectivity index (χ4n) is 1.69. The molecule has 0 radical (unpaired) electrons. The number of aromatic amines is 1. The number of hydrogen-bond acceptors (Lipinski definition) is 2. The van der Waals surface area contributed by atoms with Gasteiger partial charge < -0.3 is 5.32 Å². The van der Waals surface area contributed by atoms with Crippen LogP contribution < -0.4 is 5.32 Å². The highest BCUT2D eigenvalue weighted by molar-refractivity contribution is 5.63. The highest BCUT2D eigenvalue weighted by atomic mass is 19.1. The number of halogens is 1. The summed E-state index contributed by atoms with van der Waals surface area (Å²) in [5.74, 6) is -0.182. The maximum absolute atomic E-state index is 13.2. The Labute approximate surface area is 93.7 Å². The van der Waals surface area contributed by atoms with Crippen LogP contribution in [-0.2, 0) is 6.54 Å². The van der Waals surface area contributed by atoms with Gasteiger partial charge in [0.2, 0.25) is 0 Å². The Bertz CT molecular complexity index is 491. The molecular formula is C12H14FN3. The normalized spacial score (nSPS) is 10.7. The van der Waals surface area contributed by atoms with E-state index in [-0.39, 0.29) is 5.82 Å². The van der Waals surface area contributed by atoms with E-state index in [2.05, 4.69) is 15.5 Å². The minimum Gasteiger partial charge on any atom is -0.316 e. The summed E-state index contributed by atoms with van der Waals surface area (Å²) in [4.78, 5) is 0. The minimum atomic E-state index is -0.182. The summed E-state index contributed by atoms with van der Waals surface area (Å²) in [7, 11) is 1.88. The van der Waals surface area contributed by atoms with Crippen molar-refractivity contribution >= 4 is 0 Å². The number of rotatable bonds is 3. The summed E-state index contributed by atoms with van der Waals surface area (Å²) in [6.07, 6.45) is 1.78. The van der Waals surface area contributed by atoms with E-state index < -0.39 is 0 Å². The monoisotopic (exact) mass is 219 g/mol. The van der Waals surface area contributed by atoms with Crippen molar-refractivity contribution in [2.75, 3.05) is 7.05 Å². The van der Waals surface area contributed by atoms with Crippen LogP contribution in [0.4, 0.5) is 4.39 Å². The zero-order valence-corrected chi connectivity index (χ0v) is 9.34. The number of aromatic nitrogens is 2. The first-order valence-corrected chi connectivity index (χ1v) is 5.15. The Morgan fingerprint density at radius 2 is 2.25 bits per heavy atom. The van der Waals surface area contributed by atoms with Crippen molar-refractivity contribution in [1.29, 1.82) is 0 Å². The Kier molecular flexibility index (Phi) is 3.01. The van der Waals surface area contributed by atoms with Crippen molar-refractivity contribution < 1.29 is 4.39 Å². The molecule has 0 aliphatic carbocycles. The lowest BCUT2D eigenvalue weighted by molar-refractivity contribution is 0.618. The van der Waals surface area contributed by atoms with Crippen LogP contribution in [-0.4, -0.2) is 17.2 Å². The molecule has 3 nitrogen and oxygen atoms in total. The zero-order chi connectivity index (χ0) is 11.5. The standard InChI is InChI=1S/C12H14FN3/c1-8-5-9(3-4-11(8)13)12-10(6-14-2)7-15-16-12/h3-5,7,14H,6H2,1-2H3,(H,15,16). The molecule has 1 heterocycles. The minimum absolute atomic E-state index is 0.182. The molecule has 0 aliphatic heterocycles. The quantitative estimate of drug-likeness (QED) is 0.831. The molecule has 0 fully saturated rings. The fraction of sp³-hybridized carbons (Fsp3) is 0.250. The molecule has 16 heavy (non-hydrogen) atoms. The molecule has 2 N–H and O–H groups in total. The van der Waals surface area contributed by atoms with Gasteiger partial charge in [0.15, 0.2) is 0 Å². The van der Waals surface area contributed by atoms with Crippen LogP contribution in [0.3, 0.4) is 0 Å². The first-order chi connectivity index (χ1) is 7.72. The van der Waals surface area contributed by atoms with Gasteiger partial charge in [-0.1, -0.05) is 0 Å². The van der Waals surface area contributed by atoms with Gasteiger partial charge in [-0.05, 0) is 37.7 Å². The summed E-state index contributed by atoms with van der Waals surface area (Å²) in [5.41, 5.74) is 3.62. The third-order valence-electron chi connectivity index (χ3n) is 2.53. The molecule has 0 unspecified atom stereocenters. The first-order valence-electron chi connectivity index (χ1n) is 5.15. The first kappa shape index (κ1) is 10.8. The van der Waals surface area contributed by atoms with Gasteiger partial charge in [-0.25, -0.2) is 4.39 Å². The number of nitrogens with one attached hydrogen (secondary N) is 2. The van der Waals surface area contributed by atoms with Crippen molar-refractivity contribution in [3.8, 4) is 11.3 Å². The fourth-order valence-corrected chi connectivity index (χ4v) is 1.69. The van der Waals surface area contributed by atoms with Gasteiger partial charge in [0.1, 0.15) is 5.82 Å². The summed E-state index contributed by atoms with van der Waals surface area (Å²) < 4.78 is 13.2. The second kappa shape index (κ2) is 4.45. The summed E-state index contributed by atoms with van der Waals surface area (Å²) in [6.45, 7) is 2.50. The molecule has 0 spiro atoms. The lowest BCUT2D eigenvalue weighted by Crippen LogP contribution is -2.05. The summed E-state index contributed by atoms with van der Waals surface area (Å²) in [6, 6.07) is 5.06. The molecule has 1 aromatic heterocycles. The van der Waals surface area contributed by atoms with Gasteiger partial charge in [0.05, 0.1) is 11.9 Å². The smallest absolute Gasteiger partial charge is 0.126 e. The van der Waals surface area contributed by atoms with Gasteiger partial charge in [0.25, 0.3) is 0 Å². The van der Waals surface area contributed by atoms with E-state index in [1.807, 2.05) is 13.1 Å². The Morgan fingerprint density at radius 1 is 1.44 bits per heavy atom. The van der Waals surface area contributed by atoms with Crippen LogP contribution >= 0.6 is 0 Å². The highest BCUT2D eigenvalue weighted by Gasteiger charge is 2.08. The van der Waals surface area contributed by atoms with Crippen molar-refractivity contribution in [3.63, 3.8) is 0 Å². The molecule has 84 valence electrons. The molecular weight excluding hydrogens is 205 g/mol. The van der Waals surface area contributed by atoms with Crippen LogP contribution in [0.2, 0.25) is 0 Å². The van der Waals surface area contributed by atoms with Crippen LogP contribution in [0.5, 0.6) is 0 Å². The van der Waals surface area contributed by atoms with Crippen LogP contribution in [0.25, 0.3) is 11.3 Å². The number of H-pyrrole nitrogens is 1. The zero-order valence-electron chi connectivity index (χ0n) is 9.34. The van der Waals surface area contributed by atoms with E-state index in [1.54, 1.807) is 19.2 Å². The van der Waals surface area contributed by atoms with Crippen LogP contribution in [0.15, 0.2) is 24.4 Å². The van der Waals surface area contributed by atoms with Gasteiger partial charge in [0, 0.05) is 17.7 Å². The largest absolute Gasteiger partial charge is 0.316 e. The average Bonchev–Trinajstić information content (AvgIpc) is 2.71. The second-order valence-electron chi connectivity index (χ2n) is 3.76. The SMILES string of the molecule is CNCc1cn[nH]c1-c1ccc(F)c(C)c1. The number of benzene rings is 1. The number of aryl methyl sites for hydroxylation is 1. The molecule has 4 heteroatoms. The van der Waals surface area contributed by atoms with E-state index in [1.165, 1.54) is 6.07 Å². The van der Waals surface area contributed by atoms with E-state index in [9.17, 15) is 4.39 Å². The Balaban J connectivity index is 2.42. The van der Waals surface area contributed by atoms with Crippen LogP contribution in [0, 0.1) is 12.7 Å². The molecule has 0 amide bonds. The molecule has 0 atom stereocenters. The molecule has 0 aliphatic rings. The highest BCUT2D eigenvalue weighted by Crippen LogP contribution is 2.23. The molecule has 0 saturated carbocycles. The lowest BCUT2D eigenvalue weighted by Gasteiger charge is -2.04. The third-order valence-corrected chi connectivity index (χ3v) is 2.53. The number of hydrogen-bond donors (Lipinski definition) is 2. The third kappa shape index (κ3) is 1.97. The van der Waals surface area contributed by atoms with Gasteiger partial charge in [-0.3, -0.25) is 5.10 Å². The van der Waals surface area contributed by atoms with Crippen LogP contribution in [0.1, 0.15) is 11.1 Å². The maximum atomic E-state index is 13.2. The predicted octanol–water partition coefficient (Wildman–Crippen LogP) is 2.24.